The first-order valence-corrected chi connectivity index (χ1v) is 8.14. The minimum atomic E-state index is -0.0328. The van der Waals surface area contributed by atoms with Gasteiger partial charge in [-0.25, -0.2) is 0 Å². The summed E-state index contributed by atoms with van der Waals surface area (Å²) in [6.45, 7) is 5.07. The van der Waals surface area contributed by atoms with Crippen LogP contribution in [0.1, 0.15) is 30.1 Å². The summed E-state index contributed by atoms with van der Waals surface area (Å²) < 4.78 is 0. The fourth-order valence-electron chi connectivity index (χ4n) is 2.93. The van der Waals surface area contributed by atoms with E-state index in [-0.39, 0.29) is 17.9 Å². The molecule has 5 nitrogen and oxygen atoms in total. The summed E-state index contributed by atoms with van der Waals surface area (Å²) in [5, 5.41) is 3.07. The summed E-state index contributed by atoms with van der Waals surface area (Å²) in [4.78, 5) is 27.7. The molecule has 0 bridgehead atoms. The van der Waals surface area contributed by atoms with Crippen LogP contribution < -0.4 is 10.2 Å². The lowest BCUT2D eigenvalue weighted by atomic mass is 10.1. The zero-order chi connectivity index (χ0) is 15.5. The van der Waals surface area contributed by atoms with Crippen LogP contribution in [0.3, 0.4) is 0 Å². The number of piperazine rings is 1. The summed E-state index contributed by atoms with van der Waals surface area (Å²) in [5.74, 6) is 0.245. The number of quaternary nitrogens is 1. The topological polar surface area (TPSA) is 53.9 Å². The molecule has 1 aromatic rings. The van der Waals surface area contributed by atoms with Crippen molar-refractivity contribution in [3.05, 3.63) is 35.9 Å². The Kier molecular flexibility index (Phi) is 4.43. The fraction of sp³-hybridized carbons (Fsp3) is 0.529. The van der Waals surface area contributed by atoms with Gasteiger partial charge in [-0.3, -0.25) is 9.59 Å². The molecule has 5 heteroatoms. The number of nitrogens with one attached hydrogen (secondary N) is 2. The Morgan fingerprint density at radius 3 is 2.41 bits per heavy atom. The van der Waals surface area contributed by atoms with E-state index in [1.54, 1.807) is 0 Å². The molecule has 1 atom stereocenters. The number of hydrogen-bond donors (Lipinski definition) is 2. The van der Waals surface area contributed by atoms with E-state index in [1.807, 2.05) is 42.2 Å². The predicted molar refractivity (Wildman–Crippen MR) is 83.7 cm³/mol. The quantitative estimate of drug-likeness (QED) is 0.802. The maximum absolute atomic E-state index is 12.4. The highest BCUT2D eigenvalue weighted by Crippen LogP contribution is 2.18. The van der Waals surface area contributed by atoms with E-state index in [0.717, 1.165) is 31.5 Å². The second-order valence-corrected chi connectivity index (χ2v) is 6.32. The molecule has 3 rings (SSSR count). The Bertz CT molecular complexity index is 534. The van der Waals surface area contributed by atoms with Gasteiger partial charge in [0.1, 0.15) is 0 Å². The molecule has 22 heavy (non-hydrogen) atoms. The van der Waals surface area contributed by atoms with Crippen molar-refractivity contribution in [2.24, 2.45) is 0 Å². The van der Waals surface area contributed by atoms with Crippen LogP contribution in [0.2, 0.25) is 0 Å². The second-order valence-electron chi connectivity index (χ2n) is 6.32. The highest BCUT2D eigenvalue weighted by Gasteiger charge is 2.33. The molecule has 1 saturated heterocycles. The summed E-state index contributed by atoms with van der Waals surface area (Å²) in [6.07, 6.45) is 2.24. The fourth-order valence-corrected chi connectivity index (χ4v) is 2.93. The van der Waals surface area contributed by atoms with Crippen LogP contribution in [0.5, 0.6) is 0 Å². The second kappa shape index (κ2) is 6.48. The molecule has 1 saturated carbocycles. The molecule has 1 heterocycles. The summed E-state index contributed by atoms with van der Waals surface area (Å²) in [7, 11) is 0. The van der Waals surface area contributed by atoms with Crippen molar-refractivity contribution in [1.82, 2.24) is 10.2 Å². The molecule has 0 unspecified atom stereocenters. The van der Waals surface area contributed by atoms with Crippen molar-refractivity contribution in [2.75, 3.05) is 26.2 Å². The van der Waals surface area contributed by atoms with E-state index >= 15 is 0 Å². The molecule has 2 amide bonds. The minimum absolute atomic E-state index is 0.0328. The first-order chi connectivity index (χ1) is 10.6. The van der Waals surface area contributed by atoms with Crippen molar-refractivity contribution >= 4 is 11.8 Å². The van der Waals surface area contributed by atoms with Gasteiger partial charge in [-0.2, -0.15) is 0 Å². The summed E-state index contributed by atoms with van der Waals surface area (Å²) in [6, 6.07) is 9.78. The van der Waals surface area contributed by atoms with Gasteiger partial charge < -0.3 is 15.1 Å². The number of benzene rings is 1. The molecule has 0 radical (unpaired) electrons. The van der Waals surface area contributed by atoms with Crippen LogP contribution in [-0.4, -0.2) is 55.0 Å². The normalized spacial score (nSPS) is 20.5. The average molecular weight is 302 g/mol. The van der Waals surface area contributed by atoms with Gasteiger partial charge in [-0.05, 0) is 31.9 Å². The first-order valence-electron chi connectivity index (χ1n) is 8.14. The van der Waals surface area contributed by atoms with Gasteiger partial charge in [0.2, 0.25) is 0 Å². The SMILES string of the molecule is C[C@@H](C(=O)NC1CC1)[NH+]1CCN(C(=O)c2ccccc2)CC1. The van der Waals surface area contributed by atoms with Gasteiger partial charge in [-0.15, -0.1) is 0 Å². The van der Waals surface area contributed by atoms with Crippen LogP contribution in [-0.2, 0) is 4.79 Å². The molecule has 2 N–H and O–H groups in total. The number of rotatable bonds is 4. The van der Waals surface area contributed by atoms with Crippen LogP contribution in [0.25, 0.3) is 0 Å². The smallest absolute Gasteiger partial charge is 0.278 e. The van der Waals surface area contributed by atoms with Crippen molar-refractivity contribution in [3.63, 3.8) is 0 Å². The Morgan fingerprint density at radius 2 is 1.82 bits per heavy atom. The Balaban J connectivity index is 1.51. The maximum Gasteiger partial charge on any atom is 0.278 e. The van der Waals surface area contributed by atoms with Crippen molar-refractivity contribution < 1.29 is 14.5 Å². The molecule has 0 spiro atoms. The molecular formula is C17H24N3O2+. The van der Waals surface area contributed by atoms with Crippen LogP contribution in [0.4, 0.5) is 0 Å². The van der Waals surface area contributed by atoms with Crippen molar-refractivity contribution in [3.8, 4) is 0 Å². The van der Waals surface area contributed by atoms with Crippen molar-refractivity contribution in [1.29, 1.82) is 0 Å². The lowest BCUT2D eigenvalue weighted by molar-refractivity contribution is -0.917. The number of carbonyl (C=O) groups is 2. The molecule has 1 aliphatic heterocycles. The Labute approximate surface area is 131 Å². The zero-order valence-electron chi connectivity index (χ0n) is 13.0. The van der Waals surface area contributed by atoms with Crippen LogP contribution in [0, 0.1) is 0 Å². The summed E-state index contributed by atoms with van der Waals surface area (Å²) >= 11 is 0. The molecule has 1 aliphatic carbocycles. The van der Waals surface area contributed by atoms with E-state index in [0.29, 0.717) is 19.1 Å². The Morgan fingerprint density at radius 1 is 1.18 bits per heavy atom. The maximum atomic E-state index is 12.4. The standard InChI is InChI=1S/C17H23N3O2/c1-13(16(21)18-15-7-8-15)19-9-11-20(12-10-19)17(22)14-5-3-2-4-6-14/h2-6,13,15H,7-12H2,1H3,(H,18,21)/p+1/t13-/m0/s1. The third kappa shape index (κ3) is 3.47. The zero-order valence-corrected chi connectivity index (χ0v) is 13.0. The molecule has 1 aromatic carbocycles. The number of nitrogens with zero attached hydrogens (tertiary/aromatic N) is 1. The Hall–Kier alpha value is -1.88. The lowest BCUT2D eigenvalue weighted by Gasteiger charge is -2.34. The largest absolute Gasteiger partial charge is 0.348 e. The molecule has 0 aromatic heterocycles. The van der Waals surface area contributed by atoms with E-state index in [9.17, 15) is 9.59 Å². The highest BCUT2D eigenvalue weighted by atomic mass is 16.2. The van der Waals surface area contributed by atoms with Gasteiger partial charge in [0.25, 0.3) is 11.8 Å². The minimum Gasteiger partial charge on any atom is -0.348 e. The third-order valence-electron chi connectivity index (χ3n) is 4.64. The number of amides is 2. The van der Waals surface area contributed by atoms with E-state index in [4.69, 9.17) is 0 Å². The molecule has 2 aliphatic rings. The predicted octanol–water partition coefficient (Wildman–Crippen LogP) is -0.306. The van der Waals surface area contributed by atoms with Crippen molar-refractivity contribution in [2.45, 2.75) is 31.8 Å². The first kappa shape index (κ1) is 15.0. The van der Waals surface area contributed by atoms with E-state index in [1.165, 1.54) is 4.90 Å². The van der Waals surface area contributed by atoms with Gasteiger partial charge in [0, 0.05) is 11.6 Å². The van der Waals surface area contributed by atoms with Gasteiger partial charge in [0.15, 0.2) is 6.04 Å². The number of hydrogen-bond acceptors (Lipinski definition) is 2. The van der Waals surface area contributed by atoms with Gasteiger partial charge in [-0.1, -0.05) is 18.2 Å². The highest BCUT2D eigenvalue weighted by molar-refractivity contribution is 5.94. The van der Waals surface area contributed by atoms with E-state index < -0.39 is 0 Å². The van der Waals surface area contributed by atoms with Gasteiger partial charge >= 0.3 is 0 Å². The average Bonchev–Trinajstić information content (AvgIpc) is 3.38. The van der Waals surface area contributed by atoms with Crippen LogP contribution >= 0.6 is 0 Å². The van der Waals surface area contributed by atoms with Crippen LogP contribution in [0.15, 0.2) is 30.3 Å². The number of carbonyl (C=O) groups excluding carboxylic acids is 2. The van der Waals surface area contributed by atoms with Gasteiger partial charge in [0.05, 0.1) is 26.2 Å². The lowest BCUT2D eigenvalue weighted by Crippen LogP contribution is -3.19. The molecular weight excluding hydrogens is 278 g/mol. The third-order valence-corrected chi connectivity index (χ3v) is 4.64. The monoisotopic (exact) mass is 302 g/mol. The summed E-state index contributed by atoms with van der Waals surface area (Å²) in [5.41, 5.74) is 0.741. The molecule has 2 fully saturated rings. The molecule has 118 valence electrons. The van der Waals surface area contributed by atoms with E-state index in [2.05, 4.69) is 5.32 Å².